The molecular weight excluding hydrogens is 1870 g/mol. The second-order valence-corrected chi connectivity index (χ2v) is 38.0. The number of nitrogens with zero attached hydrogens (tertiary/aromatic N) is 1. The van der Waals surface area contributed by atoms with Crippen LogP contribution in [-0.2, 0) is 112 Å². The number of hydrogen-bond acceptors (Lipinski definition) is 23. The van der Waals surface area contributed by atoms with Crippen molar-refractivity contribution in [3.63, 3.8) is 0 Å². The van der Waals surface area contributed by atoms with Crippen molar-refractivity contribution in [1.29, 1.82) is 5.41 Å². The number of likely N-dealkylation sites (N-methyl/N-ethyl adjacent to an activating group) is 1. The van der Waals surface area contributed by atoms with Crippen molar-refractivity contribution in [3.8, 4) is 16.9 Å². The standard InChI is InChI=1S/C99H137N21O22S/c1-52(2)41-70-87(130)108-68(29-21-39-100)86(129)111-71(42-53(3)4)92(135)118-82(55(7)8)96(139)119-83(58(11)121)97(140)116-77(94(137)106-56(9)84(101)127)50-143-51-78(122)107-72(43-59-23-15-13-16-24-59)88(131)112-73(45-61-33-37-65(38-34-61)142-49-80(125)126)90(133)114-76(47-79(123)124)91(134)113-75(46-64-48-105-67-28-20-19-27-66(64)67)93(136)117-81(54(5)6)95(138)115-74(44-60-31-35-63(36-32-60)62-25-17-14-18-26-62)89(132)109-69(30-22-40-104-99(102)103)98(141)120(12)57(10)85(128)110-70/h13-20,23-28,31-38,48,52-58,68-77,81-83,105,121H,21-22,29-30,39-47,49-51,100H2,1-12H3,(H2,101,127)(H,106,137)(H,107,122)(H,108,130)(H,109,132)(H,110,128)(H,111,129)(H,112,131)(H,113,134)(H,114,133)(H,115,138)(H,116,140)(H,117,136)(H,118,135)(H,119,139)(H,123,124)(H,125,126)(H4,102,103,104)/t56-,57-,58+,68-,69-,70+,71-,72-,73-,74-,75-,76-,77-,81-,82-,83-/m0/s1. The van der Waals surface area contributed by atoms with E-state index in [1.165, 1.54) is 59.0 Å². The van der Waals surface area contributed by atoms with E-state index in [9.17, 15) is 68.1 Å². The number of primary amides is 1. The number of carboxylic acids is 2. The van der Waals surface area contributed by atoms with Crippen molar-refractivity contribution in [2.24, 2.45) is 40.9 Å². The highest BCUT2D eigenvalue weighted by Crippen LogP contribution is 2.25. The molecule has 26 N–H and O–H groups in total. The zero-order valence-corrected chi connectivity index (χ0v) is 83.1. The number of nitrogens with two attached hydrogens (primary N) is 3. The Morgan fingerprint density at radius 3 is 1.43 bits per heavy atom. The first-order valence-electron chi connectivity index (χ1n) is 47.4. The molecule has 6 aromatic rings. The number of aromatic nitrogens is 1. The van der Waals surface area contributed by atoms with E-state index in [4.69, 9.17) is 27.3 Å². The van der Waals surface area contributed by atoms with E-state index < -0.39 is 258 Å². The highest BCUT2D eigenvalue weighted by molar-refractivity contribution is 8.00. The summed E-state index contributed by atoms with van der Waals surface area (Å²) in [6, 6.07) is 12.4. The number of fused-ring (bicyclic) bond motifs is 1. The molecular formula is C99H137N21O22S. The number of benzene rings is 5. The van der Waals surface area contributed by atoms with Gasteiger partial charge in [-0.25, -0.2) is 4.79 Å². The van der Waals surface area contributed by atoms with E-state index in [2.05, 4.69) is 84.7 Å². The third-order valence-electron chi connectivity index (χ3n) is 23.6. The van der Waals surface area contributed by atoms with Crippen molar-refractivity contribution in [2.45, 2.75) is 244 Å². The SMILES string of the molecule is CC(C)C[C@@H]1NC(=O)[C@H](CCCN)NC(=O)[C@@H](CC(C)C)NC(=O)[C@H](C)N(C)C(=O)[C@H](CCCNC(=N)N)NC(=O)[C@H](Cc2ccc(-c3ccccc3)cc2)NC(=O)[C@H](C(C)C)NC(=O)[C@H](Cc2c[nH]c3ccccc23)NC(=O)[C@H](CC(=O)O)NC(=O)[C@H](Cc2ccc(OCC(=O)O)cc2)NC(=O)[C@H](Cc2ccccc2)NC(=O)CSC[C@@H](C(=O)N[C@@H](C)C(N)=O)NC(=O)[C@H]([C@@H](C)O)NC(=O)[C@H](C(C)C)NC1=O. The van der Waals surface area contributed by atoms with Crippen LogP contribution in [0.15, 0.2) is 140 Å². The van der Waals surface area contributed by atoms with Crippen molar-refractivity contribution < 1.29 is 106 Å². The predicted molar refractivity (Wildman–Crippen MR) is 532 cm³/mol. The summed E-state index contributed by atoms with van der Waals surface area (Å²) in [5.74, 6) is -23.1. The van der Waals surface area contributed by atoms with Crippen LogP contribution in [0.1, 0.15) is 143 Å². The molecule has 5 aromatic carbocycles. The molecule has 1 aliphatic heterocycles. The highest BCUT2D eigenvalue weighted by Gasteiger charge is 2.42. The summed E-state index contributed by atoms with van der Waals surface area (Å²) in [6.07, 6.45) is -3.11. The lowest BCUT2D eigenvalue weighted by Gasteiger charge is -2.32. The van der Waals surface area contributed by atoms with Crippen LogP contribution >= 0.6 is 11.8 Å². The van der Waals surface area contributed by atoms with Crippen LogP contribution in [0.3, 0.4) is 0 Å². The fourth-order valence-corrected chi connectivity index (χ4v) is 16.4. The normalized spacial score (nSPS) is 22.9. The van der Waals surface area contributed by atoms with Gasteiger partial charge in [-0.2, -0.15) is 0 Å². The third-order valence-corrected chi connectivity index (χ3v) is 24.6. The average molecular weight is 2010 g/mol. The molecule has 44 heteroatoms. The van der Waals surface area contributed by atoms with Gasteiger partial charge in [0.05, 0.1) is 18.3 Å². The van der Waals surface area contributed by atoms with Gasteiger partial charge in [0.2, 0.25) is 94.5 Å². The number of aliphatic carboxylic acids is 2. The number of thioether (sulfide) groups is 1. The molecule has 0 unspecified atom stereocenters. The number of rotatable bonds is 31. The number of guanidine groups is 1. The number of H-pyrrole nitrogens is 1. The number of carbonyl (C=O) groups is 18. The Labute approximate surface area is 833 Å². The van der Waals surface area contributed by atoms with Crippen LogP contribution in [0.25, 0.3) is 22.0 Å². The summed E-state index contributed by atoms with van der Waals surface area (Å²) in [6.45, 7) is 16.2. The lowest BCUT2D eigenvalue weighted by atomic mass is 9.98. The summed E-state index contributed by atoms with van der Waals surface area (Å²) >= 11 is 0.698. The Hall–Kier alpha value is -14.6. The third kappa shape index (κ3) is 37.4. The van der Waals surface area contributed by atoms with Crippen molar-refractivity contribution in [3.05, 3.63) is 162 Å². The Bertz CT molecular complexity index is 5400. The van der Waals surface area contributed by atoms with Gasteiger partial charge >= 0.3 is 11.9 Å². The van der Waals surface area contributed by atoms with Crippen LogP contribution in [0.4, 0.5) is 0 Å². The molecule has 1 fully saturated rings. The fourth-order valence-electron chi connectivity index (χ4n) is 15.5. The number of para-hydroxylation sites is 1. The molecule has 0 spiro atoms. The van der Waals surface area contributed by atoms with Gasteiger partial charge in [0.1, 0.15) is 96.4 Å². The number of aliphatic hydroxyl groups is 1. The minimum Gasteiger partial charge on any atom is -0.482 e. The van der Waals surface area contributed by atoms with Crippen molar-refractivity contribution in [1.82, 2.24) is 89.6 Å². The molecule has 16 atom stereocenters. The molecule has 0 saturated carbocycles. The van der Waals surface area contributed by atoms with E-state index in [1.54, 1.807) is 127 Å². The summed E-state index contributed by atoms with van der Waals surface area (Å²) in [5.41, 5.74) is 21.0. The second kappa shape index (κ2) is 56.8. The van der Waals surface area contributed by atoms with Crippen LogP contribution in [0, 0.1) is 29.1 Å². The molecule has 1 aliphatic rings. The maximum absolute atomic E-state index is 15.5. The van der Waals surface area contributed by atoms with Crippen LogP contribution in [0.2, 0.25) is 0 Å². The van der Waals surface area contributed by atoms with Gasteiger partial charge in [0.15, 0.2) is 12.6 Å². The maximum Gasteiger partial charge on any atom is 0.341 e. The molecule has 2 heterocycles. The molecule has 1 aromatic heterocycles. The molecule has 43 nitrogen and oxygen atoms in total. The van der Waals surface area contributed by atoms with Gasteiger partial charge in [0, 0.05) is 62.1 Å². The Kier molecular flexibility index (Phi) is 45.8. The van der Waals surface area contributed by atoms with E-state index in [-0.39, 0.29) is 87.6 Å². The summed E-state index contributed by atoms with van der Waals surface area (Å²) < 4.78 is 5.34. The summed E-state index contributed by atoms with van der Waals surface area (Å²) in [7, 11) is 1.27. The molecule has 0 radical (unpaired) electrons. The topological polar surface area (TPSA) is 679 Å². The first kappa shape index (κ1) is 115. The summed E-state index contributed by atoms with van der Waals surface area (Å²) in [4.78, 5) is 266. The number of carboxylic acid groups (broad SMARTS) is 2. The molecule has 776 valence electrons. The molecule has 0 bridgehead atoms. The maximum atomic E-state index is 15.5. The predicted octanol–water partition coefficient (Wildman–Crippen LogP) is -0.283. The van der Waals surface area contributed by atoms with E-state index in [1.807, 2.05) is 30.3 Å². The zero-order chi connectivity index (χ0) is 106. The first-order chi connectivity index (χ1) is 67.7. The smallest absolute Gasteiger partial charge is 0.341 e. The zero-order valence-electron chi connectivity index (χ0n) is 82.3. The van der Waals surface area contributed by atoms with Gasteiger partial charge in [-0.3, -0.25) is 86.9 Å². The monoisotopic (exact) mass is 2000 g/mol. The number of amides is 16. The molecule has 16 amide bonds. The number of carbonyl (C=O) groups excluding carboxylic acids is 16. The second-order valence-electron chi connectivity index (χ2n) is 37.0. The van der Waals surface area contributed by atoms with Crippen molar-refractivity contribution in [2.75, 3.05) is 38.2 Å². The van der Waals surface area contributed by atoms with Gasteiger partial charge in [-0.1, -0.05) is 171 Å². The first-order valence-corrected chi connectivity index (χ1v) is 48.6. The van der Waals surface area contributed by atoms with Crippen LogP contribution < -0.4 is 102 Å². The Morgan fingerprint density at radius 1 is 0.476 bits per heavy atom. The Morgan fingerprint density at radius 2 is 0.902 bits per heavy atom. The fraction of sp³-hybridized carbons (Fsp3) is 0.485. The average Bonchev–Trinajstić information content (AvgIpc) is 1.71. The van der Waals surface area contributed by atoms with E-state index in [0.717, 1.165) is 23.0 Å². The van der Waals surface area contributed by atoms with Gasteiger partial charge in [-0.15, -0.1) is 11.8 Å². The highest BCUT2D eigenvalue weighted by atomic mass is 32.2. The quantitative estimate of drug-likeness (QED) is 0.0151. The number of hydrogen-bond donors (Lipinski definition) is 23. The molecule has 7 rings (SSSR count). The largest absolute Gasteiger partial charge is 0.482 e. The number of nitrogens with one attached hydrogen (secondary N) is 17. The molecule has 0 aliphatic carbocycles. The van der Waals surface area contributed by atoms with Gasteiger partial charge in [0.25, 0.3) is 0 Å². The summed E-state index contributed by atoms with van der Waals surface area (Å²) in [5, 5.41) is 79.1. The molecule has 1 saturated heterocycles. The van der Waals surface area contributed by atoms with E-state index in [0.29, 0.717) is 39.4 Å². The van der Waals surface area contributed by atoms with Gasteiger partial charge in [-0.05, 0) is 141 Å². The van der Waals surface area contributed by atoms with Gasteiger partial charge < -0.3 is 127 Å². The van der Waals surface area contributed by atoms with Crippen LogP contribution in [0.5, 0.6) is 5.75 Å². The lowest BCUT2D eigenvalue weighted by Crippen LogP contribution is -2.62. The number of aliphatic hydroxyl groups excluding tert-OH is 1. The lowest BCUT2D eigenvalue weighted by molar-refractivity contribution is -0.143. The Balaban J connectivity index is 1.36. The van der Waals surface area contributed by atoms with Crippen molar-refractivity contribution >= 4 is 135 Å². The van der Waals surface area contributed by atoms with E-state index >= 15 is 33.6 Å². The minimum absolute atomic E-state index is 0.0101. The molecule has 143 heavy (non-hydrogen) atoms. The minimum atomic E-state index is -2.12. The number of aromatic amines is 1. The number of ether oxygens (including phenoxy) is 1. The van der Waals surface area contributed by atoms with Crippen LogP contribution in [-0.4, -0.2) is 273 Å².